The first kappa shape index (κ1) is 19.1. The second-order valence-corrected chi connectivity index (χ2v) is 8.11. The zero-order valence-corrected chi connectivity index (χ0v) is 17.8. The number of morpholine rings is 1. The van der Waals surface area contributed by atoms with Gasteiger partial charge >= 0.3 is 0 Å². The summed E-state index contributed by atoms with van der Waals surface area (Å²) >= 11 is 5.79. The Bertz CT molecular complexity index is 1010. The fourth-order valence-corrected chi connectivity index (χ4v) is 4.66. The minimum atomic E-state index is -0.0139. The molecule has 1 N–H and O–H groups in total. The van der Waals surface area contributed by atoms with Crippen molar-refractivity contribution in [3.8, 4) is 0 Å². The Morgan fingerprint density at radius 1 is 1.03 bits per heavy atom. The molecule has 4 heterocycles. The molecule has 2 aromatic heterocycles. The lowest BCUT2D eigenvalue weighted by atomic mass is 9.98. The molecule has 2 atom stereocenters. The van der Waals surface area contributed by atoms with Crippen molar-refractivity contribution >= 4 is 28.7 Å². The van der Waals surface area contributed by atoms with Crippen LogP contribution in [0.4, 0.5) is 11.4 Å². The molecule has 2 aliphatic heterocycles. The van der Waals surface area contributed by atoms with E-state index in [1.807, 2.05) is 25.4 Å². The summed E-state index contributed by atoms with van der Waals surface area (Å²) in [4.78, 5) is 9.18. The van der Waals surface area contributed by atoms with Gasteiger partial charge in [-0.2, -0.15) is 0 Å². The summed E-state index contributed by atoms with van der Waals surface area (Å²) in [5.41, 5.74) is 4.49. The second-order valence-electron chi connectivity index (χ2n) is 7.72. The Kier molecular flexibility index (Phi) is 5.14. The fraction of sp³-hybridized carbons (Fsp3) is 0.304. The van der Waals surface area contributed by atoms with Crippen LogP contribution >= 0.6 is 12.2 Å². The van der Waals surface area contributed by atoms with Gasteiger partial charge in [-0.1, -0.05) is 6.07 Å². The summed E-state index contributed by atoms with van der Waals surface area (Å²) in [6, 6.07) is 16.9. The highest BCUT2D eigenvalue weighted by Crippen LogP contribution is 2.41. The van der Waals surface area contributed by atoms with Crippen LogP contribution in [-0.2, 0) is 11.8 Å². The van der Waals surface area contributed by atoms with Gasteiger partial charge in [-0.25, -0.2) is 0 Å². The molecular weight excluding hydrogens is 394 g/mol. The van der Waals surface area contributed by atoms with Crippen molar-refractivity contribution in [3.05, 3.63) is 78.4 Å². The molecule has 0 unspecified atom stereocenters. The van der Waals surface area contributed by atoms with Gasteiger partial charge in [0.2, 0.25) is 0 Å². The molecule has 2 saturated heterocycles. The summed E-state index contributed by atoms with van der Waals surface area (Å²) < 4.78 is 7.55. The standard InChI is InChI=1S/C23H25N5OS/c1-26-11-9-17(16-26)22-21(20-4-2-3-10-24-20)25-23(30)28(22)19-7-5-18(6-8-19)27-12-14-29-15-13-27/h2-11,16,21-22H,12-15H2,1H3,(H,25,30)/t21-,22-/m0/s1. The Morgan fingerprint density at radius 2 is 1.80 bits per heavy atom. The van der Waals surface area contributed by atoms with Gasteiger partial charge in [0.05, 0.1) is 31.0 Å². The van der Waals surface area contributed by atoms with Gasteiger partial charge in [0.1, 0.15) is 0 Å². The van der Waals surface area contributed by atoms with Gasteiger partial charge < -0.3 is 24.4 Å². The van der Waals surface area contributed by atoms with E-state index in [2.05, 4.69) is 73.5 Å². The van der Waals surface area contributed by atoms with Crippen LogP contribution in [0.3, 0.4) is 0 Å². The molecule has 7 heteroatoms. The van der Waals surface area contributed by atoms with Crippen molar-refractivity contribution < 1.29 is 4.74 Å². The highest BCUT2D eigenvalue weighted by Gasteiger charge is 2.41. The SMILES string of the molecule is Cn1ccc([C@H]2[C@H](c3ccccn3)NC(=S)N2c2ccc(N3CCOCC3)cc2)c1. The number of thiocarbonyl (C=S) groups is 1. The average Bonchev–Trinajstić information content (AvgIpc) is 3.38. The molecule has 0 spiro atoms. The van der Waals surface area contributed by atoms with Crippen molar-refractivity contribution in [2.45, 2.75) is 12.1 Å². The van der Waals surface area contributed by atoms with Gasteiger partial charge in [0, 0.05) is 50.1 Å². The summed E-state index contributed by atoms with van der Waals surface area (Å²) in [5, 5.41) is 4.23. The van der Waals surface area contributed by atoms with Gasteiger partial charge in [0.15, 0.2) is 5.11 Å². The predicted octanol–water partition coefficient (Wildman–Crippen LogP) is 3.43. The van der Waals surface area contributed by atoms with E-state index in [0.717, 1.165) is 42.8 Å². The van der Waals surface area contributed by atoms with Crippen molar-refractivity contribution in [1.82, 2.24) is 14.9 Å². The quantitative estimate of drug-likeness (QED) is 0.654. The largest absolute Gasteiger partial charge is 0.378 e. The number of nitrogens with zero attached hydrogens (tertiary/aromatic N) is 4. The van der Waals surface area contributed by atoms with Gasteiger partial charge in [-0.3, -0.25) is 4.98 Å². The fourth-order valence-electron chi connectivity index (χ4n) is 4.32. The number of hydrogen-bond acceptors (Lipinski definition) is 4. The zero-order valence-electron chi connectivity index (χ0n) is 16.9. The molecule has 0 bridgehead atoms. The van der Waals surface area contributed by atoms with Crippen LogP contribution in [-0.4, -0.2) is 41.0 Å². The normalized spacial score (nSPS) is 21.7. The summed E-state index contributed by atoms with van der Waals surface area (Å²) in [5.74, 6) is 0. The van der Waals surface area contributed by atoms with Crippen LogP contribution in [0, 0.1) is 0 Å². The number of aryl methyl sites for hydroxylation is 1. The maximum Gasteiger partial charge on any atom is 0.174 e. The maximum absolute atomic E-state index is 5.79. The Hall–Kier alpha value is -2.90. The number of ether oxygens (including phenoxy) is 1. The van der Waals surface area contributed by atoms with Crippen LogP contribution in [0.1, 0.15) is 23.3 Å². The van der Waals surface area contributed by atoms with Crippen molar-refractivity contribution in [1.29, 1.82) is 0 Å². The van der Waals surface area contributed by atoms with Crippen LogP contribution in [0.15, 0.2) is 67.1 Å². The predicted molar refractivity (Wildman–Crippen MR) is 123 cm³/mol. The molecule has 0 aliphatic carbocycles. The lowest BCUT2D eigenvalue weighted by molar-refractivity contribution is 0.122. The van der Waals surface area contributed by atoms with Crippen molar-refractivity contribution in [3.63, 3.8) is 0 Å². The maximum atomic E-state index is 5.79. The number of benzene rings is 1. The molecule has 2 fully saturated rings. The van der Waals surface area contributed by atoms with E-state index in [4.69, 9.17) is 17.0 Å². The molecule has 5 rings (SSSR count). The topological polar surface area (TPSA) is 45.6 Å². The minimum absolute atomic E-state index is 0.0139. The molecule has 154 valence electrons. The van der Waals surface area contributed by atoms with Crippen molar-refractivity contribution in [2.75, 3.05) is 36.1 Å². The first-order valence-electron chi connectivity index (χ1n) is 10.3. The molecule has 0 amide bonds. The lowest BCUT2D eigenvalue weighted by Crippen LogP contribution is -2.36. The third-order valence-electron chi connectivity index (χ3n) is 5.80. The highest BCUT2D eigenvalue weighted by molar-refractivity contribution is 7.80. The Morgan fingerprint density at radius 3 is 2.47 bits per heavy atom. The number of aromatic nitrogens is 2. The first-order chi connectivity index (χ1) is 14.7. The second kappa shape index (κ2) is 8.08. The molecular formula is C23H25N5OS. The average molecular weight is 420 g/mol. The van der Waals surface area contributed by atoms with E-state index < -0.39 is 0 Å². The third kappa shape index (κ3) is 3.55. The van der Waals surface area contributed by atoms with Crippen LogP contribution < -0.4 is 15.1 Å². The molecule has 3 aromatic rings. The van der Waals surface area contributed by atoms with E-state index in [1.165, 1.54) is 11.3 Å². The number of rotatable bonds is 4. The molecule has 0 radical (unpaired) electrons. The van der Waals surface area contributed by atoms with E-state index in [9.17, 15) is 0 Å². The number of hydrogen-bond donors (Lipinski definition) is 1. The van der Waals surface area contributed by atoms with E-state index >= 15 is 0 Å². The smallest absolute Gasteiger partial charge is 0.174 e. The number of pyridine rings is 1. The van der Waals surface area contributed by atoms with Gasteiger partial charge in [0.25, 0.3) is 0 Å². The summed E-state index contributed by atoms with van der Waals surface area (Å²) in [6.07, 6.45) is 6.07. The van der Waals surface area contributed by atoms with E-state index in [-0.39, 0.29) is 12.1 Å². The highest BCUT2D eigenvalue weighted by atomic mass is 32.1. The van der Waals surface area contributed by atoms with E-state index in [0.29, 0.717) is 0 Å². The van der Waals surface area contributed by atoms with Crippen LogP contribution in [0.2, 0.25) is 0 Å². The van der Waals surface area contributed by atoms with Gasteiger partial charge in [-0.15, -0.1) is 0 Å². The lowest BCUT2D eigenvalue weighted by Gasteiger charge is -2.30. The molecule has 0 saturated carbocycles. The molecule has 1 aromatic carbocycles. The van der Waals surface area contributed by atoms with Crippen molar-refractivity contribution in [2.24, 2.45) is 7.05 Å². The summed E-state index contributed by atoms with van der Waals surface area (Å²) in [7, 11) is 2.04. The first-order valence-corrected chi connectivity index (χ1v) is 10.7. The minimum Gasteiger partial charge on any atom is -0.378 e. The Balaban J connectivity index is 1.50. The third-order valence-corrected chi connectivity index (χ3v) is 6.11. The van der Waals surface area contributed by atoms with Gasteiger partial charge in [-0.05, 0) is 60.2 Å². The number of anilines is 2. The Labute approximate surface area is 182 Å². The molecule has 2 aliphatic rings. The van der Waals surface area contributed by atoms with Crippen LogP contribution in [0.25, 0.3) is 0 Å². The monoisotopic (exact) mass is 419 g/mol. The summed E-state index contributed by atoms with van der Waals surface area (Å²) in [6.45, 7) is 3.42. The number of nitrogens with one attached hydrogen (secondary N) is 1. The molecule has 6 nitrogen and oxygen atoms in total. The zero-order chi connectivity index (χ0) is 20.5. The molecule has 30 heavy (non-hydrogen) atoms. The van der Waals surface area contributed by atoms with E-state index in [1.54, 1.807) is 0 Å². The van der Waals surface area contributed by atoms with Crippen LogP contribution in [0.5, 0.6) is 0 Å².